The smallest absolute Gasteiger partial charge is 0.146 e. The van der Waals surface area contributed by atoms with Crippen LogP contribution >= 0.6 is 0 Å². The molecule has 0 atom stereocenters. The number of hydrogen-bond acceptors (Lipinski definition) is 4. The van der Waals surface area contributed by atoms with E-state index in [-0.39, 0.29) is 0 Å². The minimum Gasteiger partial charge on any atom is -0.493 e. The maximum atomic E-state index is 5.51. The summed E-state index contributed by atoms with van der Waals surface area (Å²) in [6, 6.07) is 6.49. The van der Waals surface area contributed by atoms with Gasteiger partial charge in [-0.15, -0.1) is 10.2 Å². The van der Waals surface area contributed by atoms with E-state index in [0.717, 1.165) is 44.1 Å². The third kappa shape index (κ3) is 2.76. The Morgan fingerprint density at radius 2 is 2.37 bits per heavy atom. The summed E-state index contributed by atoms with van der Waals surface area (Å²) < 4.78 is 7.44. The van der Waals surface area contributed by atoms with Crippen LogP contribution in [0.4, 0.5) is 0 Å². The maximum absolute atomic E-state index is 5.51. The van der Waals surface area contributed by atoms with Gasteiger partial charge in [-0.25, -0.2) is 0 Å². The maximum Gasteiger partial charge on any atom is 0.146 e. The molecule has 19 heavy (non-hydrogen) atoms. The number of aromatic nitrogens is 3. The average Bonchev–Trinajstić information content (AvgIpc) is 3.03. The van der Waals surface area contributed by atoms with Crippen LogP contribution in [0.1, 0.15) is 17.0 Å². The van der Waals surface area contributed by atoms with Gasteiger partial charge < -0.3 is 14.6 Å². The second kappa shape index (κ2) is 5.40. The first-order valence-electron chi connectivity index (χ1n) is 6.61. The van der Waals surface area contributed by atoms with Crippen molar-refractivity contribution in [3.8, 4) is 5.75 Å². The van der Waals surface area contributed by atoms with E-state index < -0.39 is 0 Å². The molecule has 0 spiro atoms. The quantitative estimate of drug-likeness (QED) is 0.815. The zero-order valence-electron chi connectivity index (χ0n) is 11.1. The second-order valence-electron chi connectivity index (χ2n) is 4.83. The largest absolute Gasteiger partial charge is 0.493 e. The van der Waals surface area contributed by atoms with Crippen molar-refractivity contribution in [3.63, 3.8) is 0 Å². The number of rotatable bonds is 5. The molecule has 0 radical (unpaired) electrons. The highest BCUT2D eigenvalue weighted by atomic mass is 16.5. The summed E-state index contributed by atoms with van der Waals surface area (Å²) in [5.74, 6) is 2.01. The van der Waals surface area contributed by atoms with Crippen LogP contribution in [0.15, 0.2) is 24.5 Å². The van der Waals surface area contributed by atoms with Gasteiger partial charge in [0.25, 0.3) is 0 Å². The monoisotopic (exact) mass is 258 g/mol. The molecule has 100 valence electrons. The molecule has 5 heteroatoms. The molecule has 0 aliphatic carbocycles. The summed E-state index contributed by atoms with van der Waals surface area (Å²) in [7, 11) is 1.96. The number of nitrogens with one attached hydrogen (secondary N) is 1. The molecule has 2 aromatic rings. The molecule has 0 unspecified atom stereocenters. The van der Waals surface area contributed by atoms with E-state index >= 15 is 0 Å². The highest BCUT2D eigenvalue weighted by Gasteiger charge is 2.11. The number of nitrogens with zero attached hydrogens (tertiary/aromatic N) is 3. The summed E-state index contributed by atoms with van der Waals surface area (Å²) in [5, 5.41) is 11.3. The summed E-state index contributed by atoms with van der Waals surface area (Å²) in [5.41, 5.74) is 2.69. The standard InChI is InChI=1S/C14H18N4O/c1-18-10-16-17-14(18)9-15-6-4-11-2-3-13-12(8-11)5-7-19-13/h2-3,8,10,15H,4-7,9H2,1H3. The molecule has 1 N–H and O–H groups in total. The lowest BCUT2D eigenvalue weighted by atomic mass is 10.1. The fourth-order valence-corrected chi connectivity index (χ4v) is 2.30. The zero-order chi connectivity index (χ0) is 13.1. The van der Waals surface area contributed by atoms with Crippen LogP contribution in [0.3, 0.4) is 0 Å². The highest BCUT2D eigenvalue weighted by Crippen LogP contribution is 2.25. The van der Waals surface area contributed by atoms with Gasteiger partial charge in [0.05, 0.1) is 13.2 Å². The summed E-state index contributed by atoms with van der Waals surface area (Å²) in [6.45, 7) is 2.51. The Hall–Kier alpha value is -1.88. The van der Waals surface area contributed by atoms with Gasteiger partial charge in [-0.1, -0.05) is 12.1 Å². The van der Waals surface area contributed by atoms with E-state index in [4.69, 9.17) is 4.74 Å². The van der Waals surface area contributed by atoms with E-state index in [9.17, 15) is 0 Å². The van der Waals surface area contributed by atoms with Crippen molar-refractivity contribution in [3.05, 3.63) is 41.5 Å². The molecule has 0 saturated heterocycles. The van der Waals surface area contributed by atoms with Crippen molar-refractivity contribution >= 4 is 0 Å². The molecule has 0 fully saturated rings. The summed E-state index contributed by atoms with van der Waals surface area (Å²) in [4.78, 5) is 0. The summed E-state index contributed by atoms with van der Waals surface area (Å²) >= 11 is 0. The molecule has 1 aromatic heterocycles. The molecule has 1 aromatic carbocycles. The third-order valence-corrected chi connectivity index (χ3v) is 3.43. The second-order valence-corrected chi connectivity index (χ2v) is 4.83. The van der Waals surface area contributed by atoms with Gasteiger partial charge >= 0.3 is 0 Å². The van der Waals surface area contributed by atoms with E-state index in [0.29, 0.717) is 0 Å². The molecular formula is C14H18N4O. The average molecular weight is 258 g/mol. The van der Waals surface area contributed by atoms with Gasteiger partial charge in [0.2, 0.25) is 0 Å². The van der Waals surface area contributed by atoms with Gasteiger partial charge in [0.1, 0.15) is 17.9 Å². The lowest BCUT2D eigenvalue weighted by molar-refractivity contribution is 0.357. The first-order chi connectivity index (χ1) is 9.33. The SMILES string of the molecule is Cn1cnnc1CNCCc1ccc2c(c1)CCO2. The Balaban J connectivity index is 1.49. The first kappa shape index (κ1) is 12.2. The molecule has 2 heterocycles. The number of ether oxygens (including phenoxy) is 1. The Kier molecular flexibility index (Phi) is 3.46. The van der Waals surface area contributed by atoms with Gasteiger partial charge in [-0.05, 0) is 30.2 Å². The molecular weight excluding hydrogens is 240 g/mol. The number of hydrogen-bond donors (Lipinski definition) is 1. The van der Waals surface area contributed by atoms with Crippen LogP contribution < -0.4 is 10.1 Å². The van der Waals surface area contributed by atoms with Crippen LogP contribution in [-0.2, 0) is 26.4 Å². The van der Waals surface area contributed by atoms with Crippen LogP contribution in [0.25, 0.3) is 0 Å². The van der Waals surface area contributed by atoms with Crippen LogP contribution in [0.5, 0.6) is 5.75 Å². The minimum atomic E-state index is 0.755. The fourth-order valence-electron chi connectivity index (χ4n) is 2.30. The molecule has 0 saturated carbocycles. The molecule has 1 aliphatic heterocycles. The van der Waals surface area contributed by atoms with Gasteiger partial charge in [-0.3, -0.25) is 0 Å². The normalized spacial score (nSPS) is 13.3. The number of fused-ring (bicyclic) bond motifs is 1. The van der Waals surface area contributed by atoms with Crippen molar-refractivity contribution in [1.82, 2.24) is 20.1 Å². The third-order valence-electron chi connectivity index (χ3n) is 3.43. The van der Waals surface area contributed by atoms with Gasteiger partial charge in [0, 0.05) is 13.5 Å². The lowest BCUT2D eigenvalue weighted by Crippen LogP contribution is -2.19. The fraction of sp³-hybridized carbons (Fsp3) is 0.429. The van der Waals surface area contributed by atoms with Crippen molar-refractivity contribution in [2.24, 2.45) is 7.05 Å². The first-order valence-corrected chi connectivity index (χ1v) is 6.61. The van der Waals surface area contributed by atoms with Crippen LogP contribution in [0.2, 0.25) is 0 Å². The van der Waals surface area contributed by atoms with Crippen molar-refractivity contribution in [2.75, 3.05) is 13.2 Å². The minimum absolute atomic E-state index is 0.755. The molecule has 3 rings (SSSR count). The molecule has 0 amide bonds. The van der Waals surface area contributed by atoms with Gasteiger partial charge in [-0.2, -0.15) is 0 Å². The Bertz CT molecular complexity index is 564. The number of benzene rings is 1. The van der Waals surface area contributed by atoms with E-state index in [2.05, 4.69) is 33.7 Å². The lowest BCUT2D eigenvalue weighted by Gasteiger charge is -2.06. The topological polar surface area (TPSA) is 52.0 Å². The van der Waals surface area contributed by atoms with Crippen molar-refractivity contribution < 1.29 is 4.74 Å². The van der Waals surface area contributed by atoms with E-state index in [1.54, 1.807) is 6.33 Å². The number of aryl methyl sites for hydroxylation is 1. The summed E-state index contributed by atoms with van der Waals surface area (Å²) in [6.07, 6.45) is 3.78. The predicted molar refractivity (Wildman–Crippen MR) is 72.1 cm³/mol. The molecule has 0 bridgehead atoms. The van der Waals surface area contributed by atoms with Crippen molar-refractivity contribution in [2.45, 2.75) is 19.4 Å². The van der Waals surface area contributed by atoms with Gasteiger partial charge in [0.15, 0.2) is 0 Å². The van der Waals surface area contributed by atoms with E-state index in [1.807, 2.05) is 11.6 Å². The highest BCUT2D eigenvalue weighted by molar-refractivity contribution is 5.39. The Morgan fingerprint density at radius 1 is 1.42 bits per heavy atom. The zero-order valence-corrected chi connectivity index (χ0v) is 11.1. The van der Waals surface area contributed by atoms with E-state index in [1.165, 1.54) is 11.1 Å². The van der Waals surface area contributed by atoms with Crippen LogP contribution in [-0.4, -0.2) is 27.9 Å². The van der Waals surface area contributed by atoms with Crippen LogP contribution in [0, 0.1) is 0 Å². The van der Waals surface area contributed by atoms with Crippen molar-refractivity contribution in [1.29, 1.82) is 0 Å². The predicted octanol–water partition coefficient (Wildman–Crippen LogP) is 1.08. The molecule has 5 nitrogen and oxygen atoms in total. The Labute approximate surface area is 112 Å². The molecule has 1 aliphatic rings. The Morgan fingerprint density at radius 3 is 3.21 bits per heavy atom.